The van der Waals surface area contributed by atoms with E-state index in [4.69, 9.17) is 23.2 Å². The fourth-order valence-corrected chi connectivity index (χ4v) is 3.75. The molecule has 0 fully saturated rings. The maximum atomic E-state index is 6.21. The molecule has 0 spiro atoms. The molecular weight excluding hydrogens is 275 g/mol. The molecule has 5 heteroatoms. The number of amidine groups is 1. The molecule has 0 saturated heterocycles. The molecule has 1 N–H and O–H groups in total. The van der Waals surface area contributed by atoms with Gasteiger partial charge in [-0.2, -0.15) is 0 Å². The van der Waals surface area contributed by atoms with Gasteiger partial charge in [-0.05, 0) is 36.1 Å². The van der Waals surface area contributed by atoms with Gasteiger partial charge in [0.05, 0.1) is 12.6 Å². The molecular formula is C12H12Cl2N2S. The summed E-state index contributed by atoms with van der Waals surface area (Å²) in [6.07, 6.45) is 2.08. The Bertz CT molecular complexity index is 488. The quantitative estimate of drug-likeness (QED) is 0.852. The van der Waals surface area contributed by atoms with Crippen molar-refractivity contribution in [2.24, 2.45) is 4.99 Å². The van der Waals surface area contributed by atoms with Crippen molar-refractivity contribution in [3.8, 4) is 0 Å². The Labute approximate surface area is 115 Å². The molecule has 90 valence electrons. The number of thioether (sulfide) groups is 1. The van der Waals surface area contributed by atoms with Crippen molar-refractivity contribution in [2.45, 2.75) is 18.9 Å². The van der Waals surface area contributed by atoms with E-state index in [1.807, 2.05) is 12.1 Å². The average molecular weight is 287 g/mol. The van der Waals surface area contributed by atoms with E-state index in [2.05, 4.69) is 10.3 Å². The lowest BCUT2D eigenvalue weighted by molar-refractivity contribution is 0.644. The van der Waals surface area contributed by atoms with Crippen molar-refractivity contribution in [1.82, 2.24) is 5.32 Å². The third-order valence-electron chi connectivity index (χ3n) is 3.14. The number of nitrogens with zero attached hydrogens (tertiary/aromatic N) is 1. The molecule has 0 bridgehead atoms. The van der Waals surface area contributed by atoms with Gasteiger partial charge in [-0.15, -0.1) is 0 Å². The molecule has 1 atom stereocenters. The van der Waals surface area contributed by atoms with E-state index >= 15 is 0 Å². The summed E-state index contributed by atoms with van der Waals surface area (Å²) in [6.45, 7) is 0.920. The Morgan fingerprint density at radius 2 is 2.24 bits per heavy atom. The molecule has 1 unspecified atom stereocenters. The molecule has 2 nitrogen and oxygen atoms in total. The van der Waals surface area contributed by atoms with Gasteiger partial charge in [0.15, 0.2) is 5.17 Å². The van der Waals surface area contributed by atoms with Gasteiger partial charge in [0, 0.05) is 15.8 Å². The third kappa shape index (κ3) is 2.28. The smallest absolute Gasteiger partial charge is 0.157 e. The van der Waals surface area contributed by atoms with Crippen LogP contribution in [0.5, 0.6) is 0 Å². The first-order chi connectivity index (χ1) is 8.24. The average Bonchev–Trinajstić information content (AvgIpc) is 2.89. The van der Waals surface area contributed by atoms with Gasteiger partial charge >= 0.3 is 0 Å². The fourth-order valence-electron chi connectivity index (χ4n) is 2.36. The number of nitrogens with one attached hydrogen (secondary N) is 1. The molecule has 17 heavy (non-hydrogen) atoms. The van der Waals surface area contributed by atoms with Crippen LogP contribution in [0.25, 0.3) is 0 Å². The number of hydrogen-bond acceptors (Lipinski definition) is 3. The highest BCUT2D eigenvalue weighted by atomic mass is 35.5. The van der Waals surface area contributed by atoms with Gasteiger partial charge in [0.1, 0.15) is 0 Å². The van der Waals surface area contributed by atoms with Crippen LogP contribution in [0.3, 0.4) is 0 Å². The lowest BCUT2D eigenvalue weighted by Crippen LogP contribution is -2.23. The van der Waals surface area contributed by atoms with Gasteiger partial charge in [0.25, 0.3) is 0 Å². The van der Waals surface area contributed by atoms with Crippen LogP contribution in [0.2, 0.25) is 10.0 Å². The zero-order chi connectivity index (χ0) is 11.8. The van der Waals surface area contributed by atoms with Crippen molar-refractivity contribution in [3.63, 3.8) is 0 Å². The van der Waals surface area contributed by atoms with E-state index in [0.29, 0.717) is 11.1 Å². The predicted molar refractivity (Wildman–Crippen MR) is 75.4 cm³/mol. The van der Waals surface area contributed by atoms with Crippen LogP contribution in [-0.4, -0.2) is 17.5 Å². The lowest BCUT2D eigenvalue weighted by atomic mass is 10.1. The van der Waals surface area contributed by atoms with Gasteiger partial charge in [0.2, 0.25) is 0 Å². The SMILES string of the molecule is Clc1cc(Cl)c2c(c1)C(NC1=NCCS1)CC2. The van der Waals surface area contributed by atoms with E-state index in [9.17, 15) is 0 Å². The van der Waals surface area contributed by atoms with Crippen molar-refractivity contribution in [1.29, 1.82) is 0 Å². The first-order valence-corrected chi connectivity index (χ1v) is 7.40. The van der Waals surface area contributed by atoms with Crippen LogP contribution in [0.1, 0.15) is 23.6 Å². The van der Waals surface area contributed by atoms with Gasteiger partial charge < -0.3 is 5.32 Å². The predicted octanol–water partition coefficient (Wildman–Crippen LogP) is 3.67. The molecule has 0 radical (unpaired) electrons. The van der Waals surface area contributed by atoms with Crippen molar-refractivity contribution in [2.75, 3.05) is 12.3 Å². The Morgan fingerprint density at radius 3 is 3.00 bits per heavy atom. The van der Waals surface area contributed by atoms with Crippen LogP contribution in [0.15, 0.2) is 17.1 Å². The molecule has 3 rings (SSSR count). The summed E-state index contributed by atoms with van der Waals surface area (Å²) < 4.78 is 0. The van der Waals surface area contributed by atoms with Crippen LogP contribution < -0.4 is 5.32 Å². The van der Waals surface area contributed by atoms with E-state index in [0.717, 1.165) is 35.3 Å². The summed E-state index contributed by atoms with van der Waals surface area (Å²) in [5.74, 6) is 1.08. The molecule has 1 aliphatic carbocycles. The van der Waals surface area contributed by atoms with E-state index < -0.39 is 0 Å². The molecule has 2 aliphatic rings. The second-order valence-corrected chi connectivity index (χ2v) is 6.15. The monoisotopic (exact) mass is 286 g/mol. The molecule has 1 aromatic carbocycles. The highest BCUT2D eigenvalue weighted by Crippen LogP contribution is 2.38. The van der Waals surface area contributed by atoms with Crippen molar-refractivity contribution >= 4 is 40.1 Å². The third-order valence-corrected chi connectivity index (χ3v) is 4.60. The summed E-state index contributed by atoms with van der Waals surface area (Å²) in [5.41, 5.74) is 2.47. The van der Waals surface area contributed by atoms with E-state index in [1.165, 1.54) is 11.1 Å². The van der Waals surface area contributed by atoms with E-state index in [1.54, 1.807) is 11.8 Å². The summed E-state index contributed by atoms with van der Waals surface area (Å²) in [6, 6.07) is 4.16. The fraction of sp³-hybridized carbons (Fsp3) is 0.417. The maximum absolute atomic E-state index is 6.21. The zero-order valence-electron chi connectivity index (χ0n) is 9.17. The molecule has 1 aliphatic heterocycles. The number of rotatable bonds is 1. The second kappa shape index (κ2) is 4.71. The normalized spacial score (nSPS) is 22.5. The second-order valence-electron chi connectivity index (χ2n) is 4.23. The topological polar surface area (TPSA) is 24.4 Å². The molecule has 1 heterocycles. The van der Waals surface area contributed by atoms with Gasteiger partial charge in [-0.1, -0.05) is 35.0 Å². The summed E-state index contributed by atoms with van der Waals surface area (Å²) in [4.78, 5) is 4.42. The van der Waals surface area contributed by atoms with Crippen LogP contribution in [0.4, 0.5) is 0 Å². The van der Waals surface area contributed by atoms with Crippen molar-refractivity contribution < 1.29 is 0 Å². The molecule has 0 amide bonds. The highest BCUT2D eigenvalue weighted by molar-refractivity contribution is 8.14. The first kappa shape index (κ1) is 11.7. The lowest BCUT2D eigenvalue weighted by Gasteiger charge is -2.15. The summed E-state index contributed by atoms with van der Waals surface area (Å²) in [7, 11) is 0. The minimum Gasteiger partial charge on any atom is -0.358 e. The van der Waals surface area contributed by atoms with Crippen LogP contribution in [-0.2, 0) is 6.42 Å². The maximum Gasteiger partial charge on any atom is 0.157 e. The Balaban J connectivity index is 1.87. The summed E-state index contributed by atoms with van der Waals surface area (Å²) >= 11 is 14.1. The zero-order valence-corrected chi connectivity index (χ0v) is 11.5. The highest BCUT2D eigenvalue weighted by Gasteiger charge is 2.26. The minimum absolute atomic E-state index is 0.311. The largest absolute Gasteiger partial charge is 0.358 e. The van der Waals surface area contributed by atoms with Gasteiger partial charge in [-0.25, -0.2) is 0 Å². The minimum atomic E-state index is 0.311. The standard InChI is InChI=1S/C12H12Cl2N2S/c13-7-5-9-8(10(14)6-7)1-2-11(9)16-12-15-3-4-17-12/h5-6,11H,1-4H2,(H,15,16). The Hall–Kier alpha value is -0.380. The van der Waals surface area contributed by atoms with E-state index in [-0.39, 0.29) is 0 Å². The number of fused-ring (bicyclic) bond motifs is 1. The number of halogens is 2. The molecule has 0 saturated carbocycles. The summed E-state index contributed by atoms with van der Waals surface area (Å²) in [5, 5.41) is 6.04. The Kier molecular flexibility index (Phi) is 3.24. The number of hydrogen-bond donors (Lipinski definition) is 1. The first-order valence-electron chi connectivity index (χ1n) is 5.65. The number of aliphatic imine (C=N–C) groups is 1. The molecule has 1 aromatic rings. The number of benzene rings is 1. The van der Waals surface area contributed by atoms with Crippen LogP contribution in [0, 0.1) is 0 Å². The van der Waals surface area contributed by atoms with Crippen LogP contribution >= 0.6 is 35.0 Å². The Morgan fingerprint density at radius 1 is 1.35 bits per heavy atom. The van der Waals surface area contributed by atoms with Gasteiger partial charge in [-0.3, -0.25) is 4.99 Å². The molecule has 0 aromatic heterocycles. The van der Waals surface area contributed by atoms with Crippen molar-refractivity contribution in [3.05, 3.63) is 33.3 Å².